The molecule has 1 aromatic rings. The molecule has 23 heavy (non-hydrogen) atoms. The molecule has 0 bridgehead atoms. The molecule has 1 saturated carbocycles. The Morgan fingerprint density at radius 3 is 2.48 bits per heavy atom. The van der Waals surface area contributed by atoms with Gasteiger partial charge in [-0.2, -0.15) is 0 Å². The molecule has 1 aromatic carbocycles. The van der Waals surface area contributed by atoms with E-state index in [9.17, 15) is 9.59 Å². The van der Waals surface area contributed by atoms with Crippen molar-refractivity contribution in [2.24, 2.45) is 0 Å². The molecule has 0 unspecified atom stereocenters. The zero-order valence-corrected chi connectivity index (χ0v) is 14.2. The number of ether oxygens (including phenoxy) is 1. The summed E-state index contributed by atoms with van der Waals surface area (Å²) < 4.78 is 4.92. The zero-order valence-electron chi connectivity index (χ0n) is 12.7. The van der Waals surface area contributed by atoms with Crippen molar-refractivity contribution in [2.75, 3.05) is 6.61 Å². The summed E-state index contributed by atoms with van der Waals surface area (Å²) in [5.74, 6) is -0.880. The summed E-state index contributed by atoms with van der Waals surface area (Å²) in [6.45, 7) is -0.282. The Morgan fingerprint density at radius 2 is 1.83 bits per heavy atom. The summed E-state index contributed by atoms with van der Waals surface area (Å²) in [7, 11) is 0. The van der Waals surface area contributed by atoms with Crippen molar-refractivity contribution in [3.05, 3.63) is 39.9 Å². The van der Waals surface area contributed by atoms with E-state index in [4.69, 9.17) is 27.9 Å². The van der Waals surface area contributed by atoms with E-state index in [1.807, 2.05) is 0 Å². The Morgan fingerprint density at radius 1 is 1.17 bits per heavy atom. The van der Waals surface area contributed by atoms with E-state index in [1.165, 1.54) is 18.6 Å². The first-order chi connectivity index (χ1) is 11.1. The number of hydrogen-bond acceptors (Lipinski definition) is 3. The summed E-state index contributed by atoms with van der Waals surface area (Å²) in [6, 6.07) is 5.27. The summed E-state index contributed by atoms with van der Waals surface area (Å²) in [4.78, 5) is 23.4. The molecule has 6 heteroatoms. The van der Waals surface area contributed by atoms with Crippen molar-refractivity contribution in [3.63, 3.8) is 0 Å². The van der Waals surface area contributed by atoms with Crippen LogP contribution in [0.25, 0.3) is 6.08 Å². The van der Waals surface area contributed by atoms with Crippen molar-refractivity contribution >= 4 is 41.2 Å². The van der Waals surface area contributed by atoms with Crippen LogP contribution in [0, 0.1) is 0 Å². The van der Waals surface area contributed by atoms with Crippen LogP contribution in [0.1, 0.15) is 37.7 Å². The molecule has 0 aliphatic heterocycles. The lowest BCUT2D eigenvalue weighted by atomic mass is 9.95. The van der Waals surface area contributed by atoms with Gasteiger partial charge in [0, 0.05) is 27.7 Å². The maximum Gasteiger partial charge on any atom is 0.331 e. The van der Waals surface area contributed by atoms with E-state index >= 15 is 0 Å². The Labute approximate surface area is 145 Å². The van der Waals surface area contributed by atoms with E-state index in [-0.39, 0.29) is 18.6 Å². The number of carbonyl (C=O) groups is 2. The van der Waals surface area contributed by atoms with Gasteiger partial charge in [0.05, 0.1) is 0 Å². The maximum atomic E-state index is 11.7. The fourth-order valence-electron chi connectivity index (χ4n) is 2.52. The summed E-state index contributed by atoms with van der Waals surface area (Å²) >= 11 is 12.0. The van der Waals surface area contributed by atoms with Crippen molar-refractivity contribution < 1.29 is 14.3 Å². The topological polar surface area (TPSA) is 55.4 Å². The Kier molecular flexibility index (Phi) is 6.93. The lowest BCUT2D eigenvalue weighted by Gasteiger charge is -2.22. The first kappa shape index (κ1) is 17.8. The highest BCUT2D eigenvalue weighted by molar-refractivity contribution is 6.37. The lowest BCUT2D eigenvalue weighted by Crippen LogP contribution is -2.38. The van der Waals surface area contributed by atoms with Gasteiger partial charge in [0.2, 0.25) is 0 Å². The first-order valence-corrected chi connectivity index (χ1v) is 8.40. The fourth-order valence-corrected chi connectivity index (χ4v) is 3.05. The Bertz CT molecular complexity index is 575. The van der Waals surface area contributed by atoms with Crippen LogP contribution in [0.3, 0.4) is 0 Å². The van der Waals surface area contributed by atoms with Crippen LogP contribution >= 0.6 is 23.2 Å². The third-order valence-electron chi connectivity index (χ3n) is 3.70. The molecule has 0 spiro atoms. The summed E-state index contributed by atoms with van der Waals surface area (Å²) in [5, 5.41) is 3.77. The van der Waals surface area contributed by atoms with Crippen LogP contribution in [0.15, 0.2) is 24.3 Å². The van der Waals surface area contributed by atoms with E-state index < -0.39 is 5.97 Å². The van der Waals surface area contributed by atoms with Gasteiger partial charge >= 0.3 is 5.97 Å². The normalized spacial score (nSPS) is 15.6. The zero-order chi connectivity index (χ0) is 16.7. The number of esters is 1. The molecule has 1 aliphatic rings. The molecule has 0 saturated heterocycles. The predicted molar refractivity (Wildman–Crippen MR) is 91.5 cm³/mol. The molecular weight excluding hydrogens is 337 g/mol. The predicted octanol–water partition coefficient (Wildman–Crippen LogP) is 4.00. The van der Waals surface area contributed by atoms with E-state index in [1.54, 1.807) is 18.2 Å². The molecule has 0 heterocycles. The van der Waals surface area contributed by atoms with Gasteiger partial charge < -0.3 is 10.1 Å². The average Bonchev–Trinajstić information content (AvgIpc) is 2.53. The van der Waals surface area contributed by atoms with Crippen LogP contribution in [0.5, 0.6) is 0 Å². The second kappa shape index (κ2) is 8.94. The molecule has 1 amide bonds. The SMILES string of the molecule is O=C(COC(=O)/C=C/c1c(Cl)cccc1Cl)NC1CCCCC1. The van der Waals surface area contributed by atoms with Crippen molar-refractivity contribution in [2.45, 2.75) is 38.1 Å². The molecule has 4 nitrogen and oxygen atoms in total. The maximum absolute atomic E-state index is 11.7. The first-order valence-electron chi connectivity index (χ1n) is 7.64. The van der Waals surface area contributed by atoms with Crippen LogP contribution < -0.4 is 5.32 Å². The third-order valence-corrected chi connectivity index (χ3v) is 4.36. The van der Waals surface area contributed by atoms with Gasteiger partial charge in [-0.1, -0.05) is 48.5 Å². The Hall–Kier alpha value is -1.52. The van der Waals surface area contributed by atoms with Gasteiger partial charge in [0.25, 0.3) is 5.91 Å². The number of hydrogen-bond donors (Lipinski definition) is 1. The molecule has 1 fully saturated rings. The highest BCUT2D eigenvalue weighted by atomic mass is 35.5. The summed E-state index contributed by atoms with van der Waals surface area (Å²) in [6.07, 6.45) is 8.15. The molecule has 0 atom stereocenters. The fraction of sp³-hybridized carbons (Fsp3) is 0.412. The van der Waals surface area contributed by atoms with Gasteiger partial charge in [-0.05, 0) is 31.1 Å². The van der Waals surface area contributed by atoms with E-state index in [0.29, 0.717) is 15.6 Å². The largest absolute Gasteiger partial charge is 0.452 e. The standard InChI is InChI=1S/C17H19Cl2NO3/c18-14-7-4-8-15(19)13(14)9-10-17(22)23-11-16(21)20-12-5-2-1-3-6-12/h4,7-10,12H,1-3,5-6,11H2,(H,20,21)/b10-9+. The minimum Gasteiger partial charge on any atom is -0.452 e. The molecular formula is C17H19Cl2NO3. The molecule has 1 N–H and O–H groups in total. The van der Waals surface area contributed by atoms with E-state index in [0.717, 1.165) is 25.7 Å². The number of benzene rings is 1. The molecule has 0 radical (unpaired) electrons. The van der Waals surface area contributed by atoms with Crippen LogP contribution in [0.2, 0.25) is 10.0 Å². The highest BCUT2D eigenvalue weighted by Gasteiger charge is 2.16. The molecule has 1 aliphatic carbocycles. The number of rotatable bonds is 5. The monoisotopic (exact) mass is 355 g/mol. The highest BCUT2D eigenvalue weighted by Crippen LogP contribution is 2.25. The van der Waals surface area contributed by atoms with E-state index in [2.05, 4.69) is 5.32 Å². The summed E-state index contributed by atoms with van der Waals surface area (Å²) in [5.41, 5.74) is 0.541. The number of carbonyl (C=O) groups excluding carboxylic acids is 2. The smallest absolute Gasteiger partial charge is 0.331 e. The molecule has 124 valence electrons. The van der Waals surface area contributed by atoms with Crippen LogP contribution in [-0.4, -0.2) is 24.5 Å². The average molecular weight is 356 g/mol. The van der Waals surface area contributed by atoms with Crippen LogP contribution in [0.4, 0.5) is 0 Å². The lowest BCUT2D eigenvalue weighted by molar-refractivity contribution is -0.144. The van der Waals surface area contributed by atoms with Gasteiger partial charge in [-0.25, -0.2) is 4.79 Å². The van der Waals surface area contributed by atoms with Crippen molar-refractivity contribution in [1.29, 1.82) is 0 Å². The Balaban J connectivity index is 1.78. The van der Waals surface area contributed by atoms with Crippen LogP contribution in [-0.2, 0) is 14.3 Å². The van der Waals surface area contributed by atoms with Gasteiger partial charge in [-0.15, -0.1) is 0 Å². The minimum atomic E-state index is -0.611. The van der Waals surface area contributed by atoms with Gasteiger partial charge in [0.1, 0.15) is 0 Å². The third kappa shape index (κ3) is 5.88. The molecule has 0 aromatic heterocycles. The van der Waals surface area contributed by atoms with Crippen molar-refractivity contribution in [3.8, 4) is 0 Å². The van der Waals surface area contributed by atoms with Gasteiger partial charge in [0.15, 0.2) is 6.61 Å². The van der Waals surface area contributed by atoms with Gasteiger partial charge in [-0.3, -0.25) is 4.79 Å². The van der Waals surface area contributed by atoms with Crippen molar-refractivity contribution in [1.82, 2.24) is 5.32 Å². The second-order valence-corrected chi connectivity index (χ2v) is 6.29. The minimum absolute atomic E-state index is 0.201. The number of amides is 1. The second-order valence-electron chi connectivity index (χ2n) is 5.48. The quantitative estimate of drug-likeness (QED) is 0.641. The molecule has 2 rings (SSSR count). The number of nitrogens with one attached hydrogen (secondary N) is 1. The number of halogens is 2.